The summed E-state index contributed by atoms with van der Waals surface area (Å²) in [6.45, 7) is 2.10. The van der Waals surface area contributed by atoms with Crippen LogP contribution in [0.1, 0.15) is 12.0 Å². The van der Waals surface area contributed by atoms with E-state index in [1.165, 1.54) is 11.3 Å². The number of rotatable bonds is 8. The zero-order valence-corrected chi connectivity index (χ0v) is 12.5. The lowest BCUT2D eigenvalue weighted by Crippen LogP contribution is -2.28. The van der Waals surface area contributed by atoms with Crippen molar-refractivity contribution in [2.24, 2.45) is 0 Å². The van der Waals surface area contributed by atoms with Gasteiger partial charge in [-0.05, 0) is 18.6 Å². The molecular formula is C13H17ClN2O3S. The van der Waals surface area contributed by atoms with Crippen molar-refractivity contribution in [3.63, 3.8) is 0 Å². The lowest BCUT2D eigenvalue weighted by molar-refractivity contribution is 0.174. The van der Waals surface area contributed by atoms with Gasteiger partial charge in [0.05, 0.1) is 22.0 Å². The van der Waals surface area contributed by atoms with E-state index in [4.69, 9.17) is 26.3 Å². The Balaban J connectivity index is 2.10. The highest BCUT2D eigenvalue weighted by atomic mass is 35.5. The van der Waals surface area contributed by atoms with Crippen LogP contribution in [0, 0.1) is 0 Å². The third kappa shape index (κ3) is 4.04. The van der Waals surface area contributed by atoms with E-state index in [1.807, 2.05) is 12.1 Å². The summed E-state index contributed by atoms with van der Waals surface area (Å²) in [5.41, 5.74) is 0.954. The van der Waals surface area contributed by atoms with Gasteiger partial charge in [-0.1, -0.05) is 16.8 Å². The van der Waals surface area contributed by atoms with Gasteiger partial charge in [-0.25, -0.2) is 0 Å². The zero-order chi connectivity index (χ0) is 14.4. The third-order valence-corrected chi connectivity index (χ3v) is 4.11. The molecule has 5 nitrogen and oxygen atoms in total. The number of hydrogen-bond acceptors (Lipinski definition) is 6. The summed E-state index contributed by atoms with van der Waals surface area (Å²) < 4.78 is 6.01. The molecule has 0 aliphatic carbocycles. The van der Waals surface area contributed by atoms with Crippen LogP contribution in [0.2, 0.25) is 4.34 Å². The second-order valence-corrected chi connectivity index (χ2v) is 6.08. The van der Waals surface area contributed by atoms with Crippen LogP contribution in [-0.4, -0.2) is 46.6 Å². The summed E-state index contributed by atoms with van der Waals surface area (Å²) >= 11 is 7.38. The van der Waals surface area contributed by atoms with Crippen LogP contribution in [0.4, 0.5) is 0 Å². The molecule has 0 amide bonds. The monoisotopic (exact) mass is 316 g/mol. The van der Waals surface area contributed by atoms with E-state index < -0.39 is 0 Å². The smallest absolute Gasteiger partial charge is 0.181 e. The van der Waals surface area contributed by atoms with Gasteiger partial charge >= 0.3 is 0 Å². The fourth-order valence-electron chi connectivity index (χ4n) is 1.96. The average Bonchev–Trinajstić information content (AvgIpc) is 3.05. The Morgan fingerprint density at radius 2 is 2.10 bits per heavy atom. The van der Waals surface area contributed by atoms with Crippen molar-refractivity contribution in [1.29, 1.82) is 0 Å². The Kier molecular flexibility index (Phi) is 6.00. The van der Waals surface area contributed by atoms with Crippen LogP contribution in [0.3, 0.4) is 0 Å². The fraction of sp³-hybridized carbons (Fsp3) is 0.462. The molecule has 0 unspecified atom stereocenters. The summed E-state index contributed by atoms with van der Waals surface area (Å²) in [5.74, 6) is 0.717. The SMILES string of the molecule is OCCCN(CCO)Cc1cnoc1-c1ccc(Cl)s1. The van der Waals surface area contributed by atoms with E-state index in [0.29, 0.717) is 36.2 Å². The van der Waals surface area contributed by atoms with Crippen LogP contribution < -0.4 is 0 Å². The Labute approximate surface area is 126 Å². The molecule has 2 rings (SSSR count). The van der Waals surface area contributed by atoms with Crippen molar-refractivity contribution >= 4 is 22.9 Å². The van der Waals surface area contributed by atoms with Crippen LogP contribution in [-0.2, 0) is 6.54 Å². The third-order valence-electron chi connectivity index (χ3n) is 2.88. The molecule has 110 valence electrons. The van der Waals surface area contributed by atoms with Gasteiger partial charge in [-0.3, -0.25) is 4.90 Å². The summed E-state index contributed by atoms with van der Waals surface area (Å²) in [5, 5.41) is 21.9. The minimum Gasteiger partial charge on any atom is -0.396 e. The average molecular weight is 317 g/mol. The van der Waals surface area contributed by atoms with Gasteiger partial charge in [0, 0.05) is 31.8 Å². The molecule has 0 saturated carbocycles. The molecule has 0 saturated heterocycles. The van der Waals surface area contributed by atoms with Gasteiger partial charge in [-0.15, -0.1) is 11.3 Å². The first kappa shape index (κ1) is 15.5. The summed E-state index contributed by atoms with van der Waals surface area (Å²) in [6.07, 6.45) is 2.36. The zero-order valence-electron chi connectivity index (χ0n) is 11.0. The predicted octanol–water partition coefficient (Wildman–Crippen LogP) is 2.23. The number of hydrogen-bond donors (Lipinski definition) is 2. The molecule has 2 heterocycles. The number of thiophene rings is 1. The van der Waals surface area contributed by atoms with E-state index >= 15 is 0 Å². The fourth-order valence-corrected chi connectivity index (χ4v) is 3.01. The van der Waals surface area contributed by atoms with Crippen molar-refractivity contribution in [2.75, 3.05) is 26.3 Å². The molecule has 0 bridgehead atoms. The van der Waals surface area contributed by atoms with Crippen LogP contribution in [0.15, 0.2) is 22.9 Å². The second-order valence-electron chi connectivity index (χ2n) is 4.36. The highest BCUT2D eigenvalue weighted by molar-refractivity contribution is 7.19. The lowest BCUT2D eigenvalue weighted by Gasteiger charge is -2.20. The summed E-state index contributed by atoms with van der Waals surface area (Å²) in [6, 6.07) is 3.73. The first-order valence-corrected chi connectivity index (χ1v) is 7.57. The van der Waals surface area contributed by atoms with Crippen molar-refractivity contribution in [2.45, 2.75) is 13.0 Å². The molecule has 0 fully saturated rings. The molecule has 0 spiro atoms. The quantitative estimate of drug-likeness (QED) is 0.781. The molecule has 2 aromatic heterocycles. The first-order chi connectivity index (χ1) is 9.74. The highest BCUT2D eigenvalue weighted by Crippen LogP contribution is 2.33. The number of aromatic nitrogens is 1. The van der Waals surface area contributed by atoms with E-state index in [2.05, 4.69) is 10.1 Å². The second kappa shape index (κ2) is 7.75. The molecule has 20 heavy (non-hydrogen) atoms. The van der Waals surface area contributed by atoms with Crippen molar-refractivity contribution in [3.8, 4) is 10.6 Å². The maximum Gasteiger partial charge on any atom is 0.181 e. The molecule has 0 atom stereocenters. The molecule has 7 heteroatoms. The highest BCUT2D eigenvalue weighted by Gasteiger charge is 2.15. The first-order valence-electron chi connectivity index (χ1n) is 6.38. The topological polar surface area (TPSA) is 69.7 Å². The molecule has 0 radical (unpaired) electrons. The van der Waals surface area contributed by atoms with Gasteiger partial charge in [0.15, 0.2) is 5.76 Å². The normalized spacial score (nSPS) is 11.4. The summed E-state index contributed by atoms with van der Waals surface area (Å²) in [7, 11) is 0. The predicted molar refractivity (Wildman–Crippen MR) is 78.9 cm³/mol. The van der Waals surface area contributed by atoms with Gasteiger partial charge < -0.3 is 14.7 Å². The Morgan fingerprint density at radius 3 is 2.75 bits per heavy atom. The van der Waals surface area contributed by atoms with Gasteiger partial charge in [0.2, 0.25) is 0 Å². The molecule has 0 aromatic carbocycles. The Hall–Kier alpha value is -0.920. The van der Waals surface area contributed by atoms with E-state index in [1.54, 1.807) is 6.20 Å². The molecule has 0 aliphatic heterocycles. The van der Waals surface area contributed by atoms with E-state index in [0.717, 1.165) is 10.4 Å². The maximum atomic E-state index is 9.10. The van der Waals surface area contributed by atoms with Gasteiger partial charge in [-0.2, -0.15) is 0 Å². The molecule has 2 N–H and O–H groups in total. The largest absolute Gasteiger partial charge is 0.396 e. The van der Waals surface area contributed by atoms with Crippen LogP contribution in [0.25, 0.3) is 10.6 Å². The van der Waals surface area contributed by atoms with E-state index in [-0.39, 0.29) is 13.2 Å². The van der Waals surface area contributed by atoms with Crippen molar-refractivity contribution in [1.82, 2.24) is 10.1 Å². The number of halogens is 1. The molecular weight excluding hydrogens is 300 g/mol. The molecule has 2 aromatic rings. The van der Waals surface area contributed by atoms with Crippen molar-refractivity contribution in [3.05, 3.63) is 28.2 Å². The minimum atomic E-state index is 0.0802. The van der Waals surface area contributed by atoms with Crippen LogP contribution >= 0.6 is 22.9 Å². The lowest BCUT2D eigenvalue weighted by atomic mass is 10.2. The maximum absolute atomic E-state index is 9.10. The van der Waals surface area contributed by atoms with Crippen molar-refractivity contribution < 1.29 is 14.7 Å². The minimum absolute atomic E-state index is 0.0802. The standard InChI is InChI=1S/C13H17ClN2O3S/c14-12-3-2-11(20-12)13-10(8-15-19-13)9-16(5-7-18)4-1-6-17/h2-3,8,17-18H,1,4-7,9H2. The van der Waals surface area contributed by atoms with Gasteiger partial charge in [0.1, 0.15) is 0 Å². The Bertz CT molecular complexity index is 529. The number of nitrogens with zero attached hydrogens (tertiary/aromatic N) is 2. The van der Waals surface area contributed by atoms with E-state index in [9.17, 15) is 0 Å². The van der Waals surface area contributed by atoms with Gasteiger partial charge in [0.25, 0.3) is 0 Å². The Morgan fingerprint density at radius 1 is 1.25 bits per heavy atom. The molecule has 0 aliphatic rings. The van der Waals surface area contributed by atoms with Crippen LogP contribution in [0.5, 0.6) is 0 Å². The number of aliphatic hydroxyl groups excluding tert-OH is 2. The summed E-state index contributed by atoms with van der Waals surface area (Å²) in [4.78, 5) is 3.00. The number of aliphatic hydroxyl groups is 2.